The molecule has 1 heterocycles. The lowest BCUT2D eigenvalue weighted by molar-refractivity contribution is -0.253. The lowest BCUT2D eigenvalue weighted by Crippen LogP contribution is -2.69. The first-order valence-electron chi connectivity index (χ1n) is 19.3. The number of allylic oxidation sites excluding steroid dienone is 1. The summed E-state index contributed by atoms with van der Waals surface area (Å²) >= 11 is 0. The number of carbonyl (C=O) groups is 1. The predicted octanol–water partition coefficient (Wildman–Crippen LogP) is 7.94. The molecule has 1 saturated carbocycles. The van der Waals surface area contributed by atoms with Gasteiger partial charge >= 0.3 is 6.09 Å². The summed E-state index contributed by atoms with van der Waals surface area (Å²) in [5.74, 6) is -1.14. The topological polar surface area (TPSA) is 119 Å². The third-order valence-corrected chi connectivity index (χ3v) is 11.2. The summed E-state index contributed by atoms with van der Waals surface area (Å²) in [5.41, 5.74) is 3.82. The van der Waals surface area contributed by atoms with Gasteiger partial charge in [0.05, 0.1) is 18.2 Å². The van der Waals surface area contributed by atoms with Crippen molar-refractivity contribution in [1.29, 1.82) is 0 Å². The fourth-order valence-corrected chi connectivity index (χ4v) is 8.65. The molecule has 1 fully saturated rings. The van der Waals surface area contributed by atoms with Gasteiger partial charge in [0.2, 0.25) is 5.79 Å². The van der Waals surface area contributed by atoms with Crippen molar-refractivity contribution < 1.29 is 43.2 Å². The van der Waals surface area contributed by atoms with Gasteiger partial charge in [0, 0.05) is 43.7 Å². The van der Waals surface area contributed by atoms with Gasteiger partial charge < -0.3 is 38.9 Å². The van der Waals surface area contributed by atoms with Crippen LogP contribution in [0.4, 0.5) is 9.18 Å². The highest BCUT2D eigenvalue weighted by Crippen LogP contribution is 2.61. The van der Waals surface area contributed by atoms with E-state index in [0.717, 1.165) is 42.4 Å². The second-order valence-corrected chi connectivity index (χ2v) is 14.5. The molecule has 294 valence electrons. The van der Waals surface area contributed by atoms with Crippen LogP contribution in [0.1, 0.15) is 67.6 Å². The summed E-state index contributed by atoms with van der Waals surface area (Å²) in [7, 11) is 3.21. The van der Waals surface area contributed by atoms with E-state index in [4.69, 9.17) is 23.8 Å². The molecular weight excluding hydrogens is 703 g/mol. The predicted molar refractivity (Wildman–Crippen MR) is 207 cm³/mol. The first-order valence-corrected chi connectivity index (χ1v) is 19.3. The Kier molecular flexibility index (Phi) is 13.6. The summed E-state index contributed by atoms with van der Waals surface area (Å²) in [5, 5.41) is 24.2. The van der Waals surface area contributed by atoms with E-state index in [1.165, 1.54) is 13.2 Å². The number of unbranched alkanes of at least 4 members (excludes halogenated alkanes) is 2. The monoisotopic (exact) mass is 756 g/mol. The Balaban J connectivity index is 1.48. The first-order chi connectivity index (χ1) is 26.8. The Bertz CT molecular complexity index is 1820. The van der Waals surface area contributed by atoms with Crippen LogP contribution in [-0.4, -0.2) is 72.7 Å². The molecular formula is C44H53FN2O8. The maximum atomic E-state index is 14.6. The molecule has 3 aliphatic rings. The van der Waals surface area contributed by atoms with Gasteiger partial charge in [-0.25, -0.2) is 9.18 Å². The second-order valence-electron chi connectivity index (χ2n) is 14.5. The van der Waals surface area contributed by atoms with Crippen LogP contribution in [0.2, 0.25) is 0 Å². The van der Waals surface area contributed by atoms with Gasteiger partial charge in [0.25, 0.3) is 0 Å². The quantitative estimate of drug-likeness (QED) is 0.0764. The lowest BCUT2D eigenvalue weighted by Gasteiger charge is -2.59. The molecule has 2 N–H and O–H groups in total. The van der Waals surface area contributed by atoms with Gasteiger partial charge in [-0.1, -0.05) is 78.7 Å². The molecule has 0 bridgehead atoms. The highest BCUT2D eigenvalue weighted by Gasteiger charge is 2.65. The van der Waals surface area contributed by atoms with Gasteiger partial charge in [-0.2, -0.15) is 0 Å². The molecule has 11 heteroatoms. The van der Waals surface area contributed by atoms with Crippen molar-refractivity contribution in [2.24, 2.45) is 22.9 Å². The lowest BCUT2D eigenvalue weighted by atomic mass is 9.55. The van der Waals surface area contributed by atoms with E-state index in [-0.39, 0.29) is 63.0 Å². The summed E-state index contributed by atoms with van der Waals surface area (Å²) in [4.78, 5) is 21.0. The van der Waals surface area contributed by atoms with E-state index in [1.807, 2.05) is 48.5 Å². The third kappa shape index (κ3) is 8.74. The molecule has 3 aromatic carbocycles. The van der Waals surface area contributed by atoms with Crippen LogP contribution in [0, 0.1) is 23.6 Å². The average molecular weight is 757 g/mol. The zero-order chi connectivity index (χ0) is 38.8. The minimum Gasteiger partial charge on any atom is -0.489 e. The van der Waals surface area contributed by atoms with Crippen LogP contribution in [0.15, 0.2) is 102 Å². The van der Waals surface area contributed by atoms with E-state index in [0.29, 0.717) is 35.6 Å². The average Bonchev–Trinajstić information content (AvgIpc) is 3.20. The van der Waals surface area contributed by atoms with E-state index >= 15 is 0 Å². The van der Waals surface area contributed by atoms with E-state index in [9.17, 15) is 19.4 Å². The molecule has 6 rings (SSSR count). The van der Waals surface area contributed by atoms with Crippen molar-refractivity contribution in [1.82, 2.24) is 4.90 Å². The summed E-state index contributed by atoms with van der Waals surface area (Å²) in [6, 6.07) is 21.0. The Hall–Kier alpha value is -4.71. The van der Waals surface area contributed by atoms with Gasteiger partial charge in [-0.05, 0) is 72.9 Å². The number of fused-ring (bicyclic) bond motifs is 2. The molecule has 3 aromatic rings. The minimum atomic E-state index is -1.40. The Labute approximate surface area is 323 Å². The molecule has 1 amide bonds. The highest BCUT2D eigenvalue weighted by atomic mass is 19.1. The van der Waals surface area contributed by atoms with Crippen molar-refractivity contribution >= 4 is 11.8 Å². The van der Waals surface area contributed by atoms with Crippen molar-refractivity contribution in [2.45, 2.75) is 75.9 Å². The van der Waals surface area contributed by atoms with Crippen molar-refractivity contribution in [3.05, 3.63) is 120 Å². The molecule has 0 radical (unpaired) electrons. The number of amides is 1. The molecule has 0 aromatic heterocycles. The minimum absolute atomic E-state index is 0.0459. The van der Waals surface area contributed by atoms with Crippen LogP contribution in [-0.2, 0) is 27.5 Å². The van der Waals surface area contributed by atoms with Crippen LogP contribution in [0.25, 0.3) is 0 Å². The third-order valence-electron chi connectivity index (χ3n) is 11.2. The smallest absolute Gasteiger partial charge is 0.410 e. The number of carbonyl (C=O) groups excluding carboxylic acids is 1. The zero-order valence-electron chi connectivity index (χ0n) is 31.8. The number of halogens is 1. The number of oxime groups is 1. The van der Waals surface area contributed by atoms with Crippen LogP contribution in [0.5, 0.6) is 11.5 Å². The van der Waals surface area contributed by atoms with Crippen molar-refractivity contribution in [2.75, 3.05) is 34.0 Å². The number of benzene rings is 3. The molecule has 1 aliphatic heterocycles. The van der Waals surface area contributed by atoms with Crippen molar-refractivity contribution in [3.8, 4) is 11.5 Å². The fourth-order valence-electron chi connectivity index (χ4n) is 8.65. The number of hydrogen-bond acceptors (Lipinski definition) is 9. The Morgan fingerprint density at radius 2 is 1.76 bits per heavy atom. The molecule has 6 unspecified atom stereocenters. The first kappa shape index (κ1) is 40.0. The van der Waals surface area contributed by atoms with Crippen LogP contribution >= 0.6 is 0 Å². The standard InChI is InChI=1S/C44H53FN2O8/c1-4-24-54-44-40(47(2)43(50)53-28-30-14-6-5-7-15-30)27-38(46-51-3)35-25-31(16-10-12-22-48)34(18-11-13-23-49)41(42(35)44)36-26-33(20-21-39(36)55-44)52-29-32-17-8-9-19-37(32)45/h4-9,14-15,17,19-21,25-26,31,34,40-42,48-49H,1,10-13,16,18,22-24,27-29H2,2-3H3. The van der Waals surface area contributed by atoms with Crippen LogP contribution in [0.3, 0.4) is 0 Å². The Morgan fingerprint density at radius 1 is 1.02 bits per heavy atom. The Morgan fingerprint density at radius 3 is 2.49 bits per heavy atom. The summed E-state index contributed by atoms with van der Waals surface area (Å²) in [6.07, 6.45) is 8.23. The van der Waals surface area contributed by atoms with Gasteiger partial charge in [0.15, 0.2) is 0 Å². The molecule has 2 aliphatic carbocycles. The largest absolute Gasteiger partial charge is 0.489 e. The summed E-state index contributed by atoms with van der Waals surface area (Å²) < 4.78 is 40.7. The normalized spacial score (nSPS) is 24.5. The number of ether oxygens (including phenoxy) is 4. The molecule has 0 saturated heterocycles. The van der Waals surface area contributed by atoms with E-state index < -0.39 is 23.8 Å². The maximum absolute atomic E-state index is 14.6. The number of likely N-dealkylation sites (N-methyl/N-ethyl adjacent to an activating group) is 1. The molecule has 0 spiro atoms. The molecule has 55 heavy (non-hydrogen) atoms. The van der Waals surface area contributed by atoms with Gasteiger partial charge in [-0.15, -0.1) is 6.58 Å². The summed E-state index contributed by atoms with van der Waals surface area (Å²) in [6.45, 7) is 4.43. The van der Waals surface area contributed by atoms with Crippen molar-refractivity contribution in [3.63, 3.8) is 0 Å². The SMILES string of the molecule is C=CCOC12Oc3ccc(OCc4ccccc4F)cc3C3C(CCCCO)C(CCCCO)C=C(C(=NOC)CC1N(C)C(=O)OCc1ccccc1)C32. The number of nitrogens with zero attached hydrogens (tertiary/aromatic N) is 2. The number of rotatable bonds is 18. The van der Waals surface area contributed by atoms with Crippen LogP contribution < -0.4 is 9.47 Å². The van der Waals surface area contributed by atoms with E-state index in [1.54, 1.807) is 36.2 Å². The maximum Gasteiger partial charge on any atom is 0.410 e. The van der Waals surface area contributed by atoms with Gasteiger partial charge in [-0.3, -0.25) is 0 Å². The fraction of sp³-hybridized carbons (Fsp3) is 0.455. The highest BCUT2D eigenvalue weighted by molar-refractivity contribution is 6.02. The number of aliphatic hydroxyl groups excluding tert-OH is 2. The number of aliphatic hydroxyl groups is 2. The second kappa shape index (κ2) is 18.8. The molecule has 6 atom stereocenters. The number of hydrogen-bond donors (Lipinski definition) is 2. The molecule has 10 nitrogen and oxygen atoms in total. The van der Waals surface area contributed by atoms with E-state index in [2.05, 4.69) is 17.8 Å². The zero-order valence-corrected chi connectivity index (χ0v) is 31.8. The van der Waals surface area contributed by atoms with Gasteiger partial charge in [0.1, 0.15) is 43.7 Å².